The molecule has 0 bridgehead atoms. The first-order chi connectivity index (χ1) is 10.0. The van der Waals surface area contributed by atoms with Crippen LogP contribution in [0.2, 0.25) is 18.1 Å². The molecule has 1 aromatic heterocycles. The molecule has 0 aliphatic rings. The maximum Gasteiger partial charge on any atom is 0.364 e. The van der Waals surface area contributed by atoms with E-state index in [2.05, 4.69) is 33.9 Å². The molecule has 0 saturated carbocycles. The summed E-state index contributed by atoms with van der Waals surface area (Å²) in [5, 5.41) is 0.113. The second-order valence-electron chi connectivity index (χ2n) is 6.94. The molecular formula is C15H28N2O4Si. The molecule has 0 unspecified atom stereocenters. The molecule has 0 aromatic carbocycles. The van der Waals surface area contributed by atoms with E-state index in [0.717, 1.165) is 4.73 Å². The van der Waals surface area contributed by atoms with Crippen LogP contribution in [0.5, 0.6) is 0 Å². The van der Waals surface area contributed by atoms with Gasteiger partial charge in [-0.2, -0.15) is 0 Å². The number of hydrogen-bond donors (Lipinski definition) is 0. The lowest BCUT2D eigenvalue weighted by Crippen LogP contribution is -2.46. The van der Waals surface area contributed by atoms with Crippen LogP contribution in [-0.4, -0.2) is 30.8 Å². The first-order valence-corrected chi connectivity index (χ1v) is 10.5. The third kappa shape index (κ3) is 4.10. The fraction of sp³-hybridized carbons (Fsp3) is 0.733. The Morgan fingerprint density at radius 3 is 2.27 bits per heavy atom. The molecular weight excluding hydrogens is 300 g/mol. The van der Waals surface area contributed by atoms with Crippen molar-refractivity contribution in [1.82, 2.24) is 9.30 Å². The highest BCUT2D eigenvalue weighted by Gasteiger charge is 2.36. The molecule has 1 aromatic rings. The Labute approximate surface area is 132 Å². The average molecular weight is 328 g/mol. The van der Waals surface area contributed by atoms with Crippen LogP contribution >= 0.6 is 0 Å². The topological polar surface area (TPSA) is 62.5 Å². The lowest BCUT2D eigenvalue weighted by molar-refractivity contribution is 0.0611. The standard InChI is InChI=1S/C15H28N2O4Si/c1-8-12-11-16(5)14(19)17(13(12)18)20-9-10-21-22(6,7)15(2,3)4/h11H,8-10H2,1-7H3. The fourth-order valence-electron chi connectivity index (χ4n) is 1.70. The van der Waals surface area contributed by atoms with Crippen molar-refractivity contribution in [3.05, 3.63) is 32.6 Å². The Hall–Kier alpha value is -1.34. The molecule has 1 rings (SSSR count). The van der Waals surface area contributed by atoms with Gasteiger partial charge < -0.3 is 13.8 Å². The summed E-state index contributed by atoms with van der Waals surface area (Å²) in [6.45, 7) is 13.2. The van der Waals surface area contributed by atoms with Crippen LogP contribution in [0.4, 0.5) is 0 Å². The van der Waals surface area contributed by atoms with E-state index < -0.39 is 19.6 Å². The molecule has 22 heavy (non-hydrogen) atoms. The van der Waals surface area contributed by atoms with Gasteiger partial charge in [0.15, 0.2) is 8.32 Å². The van der Waals surface area contributed by atoms with E-state index in [-0.39, 0.29) is 11.6 Å². The zero-order valence-electron chi connectivity index (χ0n) is 14.7. The van der Waals surface area contributed by atoms with Crippen molar-refractivity contribution in [2.75, 3.05) is 13.2 Å². The lowest BCUT2D eigenvalue weighted by Gasteiger charge is -2.36. The van der Waals surface area contributed by atoms with E-state index in [9.17, 15) is 9.59 Å². The first kappa shape index (κ1) is 18.7. The highest BCUT2D eigenvalue weighted by molar-refractivity contribution is 6.74. The van der Waals surface area contributed by atoms with E-state index >= 15 is 0 Å². The third-order valence-corrected chi connectivity index (χ3v) is 8.78. The summed E-state index contributed by atoms with van der Waals surface area (Å²) in [6.07, 6.45) is 2.10. The summed E-state index contributed by atoms with van der Waals surface area (Å²) in [7, 11) is -0.246. The molecule has 0 aliphatic heterocycles. The van der Waals surface area contributed by atoms with Gasteiger partial charge in [0.05, 0.1) is 6.61 Å². The van der Waals surface area contributed by atoms with Gasteiger partial charge in [0.1, 0.15) is 6.61 Å². The molecule has 0 fully saturated rings. The first-order valence-electron chi connectivity index (χ1n) is 7.60. The molecule has 0 amide bonds. The zero-order valence-corrected chi connectivity index (χ0v) is 15.7. The summed E-state index contributed by atoms with van der Waals surface area (Å²) >= 11 is 0. The van der Waals surface area contributed by atoms with Crippen LogP contribution in [0, 0.1) is 0 Å². The lowest BCUT2D eigenvalue weighted by atomic mass is 10.2. The quantitative estimate of drug-likeness (QED) is 0.587. The number of nitrogens with zero attached hydrogens (tertiary/aromatic N) is 2. The zero-order chi connectivity index (χ0) is 17.1. The Bertz CT molecular complexity index is 626. The maximum atomic E-state index is 12.1. The largest absolute Gasteiger partial charge is 0.413 e. The molecule has 0 radical (unpaired) electrons. The minimum absolute atomic E-state index is 0.113. The van der Waals surface area contributed by atoms with Crippen molar-refractivity contribution >= 4 is 8.32 Å². The van der Waals surface area contributed by atoms with Gasteiger partial charge in [0.2, 0.25) is 0 Å². The second-order valence-corrected chi connectivity index (χ2v) is 11.8. The summed E-state index contributed by atoms with van der Waals surface area (Å²) in [6, 6.07) is 0. The minimum Gasteiger partial charge on any atom is -0.413 e. The van der Waals surface area contributed by atoms with Crippen LogP contribution in [0.15, 0.2) is 15.8 Å². The van der Waals surface area contributed by atoms with Crippen molar-refractivity contribution in [2.24, 2.45) is 7.05 Å². The Kier molecular flexibility index (Phi) is 5.80. The van der Waals surface area contributed by atoms with E-state index in [1.807, 2.05) is 6.92 Å². The van der Waals surface area contributed by atoms with Gasteiger partial charge in [-0.05, 0) is 24.6 Å². The molecule has 0 atom stereocenters. The van der Waals surface area contributed by atoms with E-state index in [1.54, 1.807) is 13.2 Å². The van der Waals surface area contributed by atoms with Crippen molar-refractivity contribution in [1.29, 1.82) is 0 Å². The number of rotatable bonds is 6. The van der Waals surface area contributed by atoms with Crippen molar-refractivity contribution in [3.8, 4) is 0 Å². The molecule has 0 N–H and O–H groups in total. The minimum atomic E-state index is -1.85. The summed E-state index contributed by atoms with van der Waals surface area (Å²) in [5.41, 5.74) is -0.320. The molecule has 0 saturated heterocycles. The van der Waals surface area contributed by atoms with Gasteiger partial charge >= 0.3 is 5.69 Å². The van der Waals surface area contributed by atoms with Crippen LogP contribution < -0.4 is 16.1 Å². The molecule has 0 aliphatic carbocycles. The Balaban J connectivity index is 2.77. The Morgan fingerprint density at radius 1 is 1.18 bits per heavy atom. The van der Waals surface area contributed by atoms with Gasteiger partial charge in [-0.25, -0.2) is 4.79 Å². The van der Waals surface area contributed by atoms with Gasteiger partial charge in [0, 0.05) is 18.8 Å². The normalized spacial score (nSPS) is 12.5. The van der Waals surface area contributed by atoms with Crippen LogP contribution in [0.25, 0.3) is 0 Å². The summed E-state index contributed by atoms with van der Waals surface area (Å²) in [4.78, 5) is 29.5. The highest BCUT2D eigenvalue weighted by Crippen LogP contribution is 2.36. The molecule has 6 nitrogen and oxygen atoms in total. The van der Waals surface area contributed by atoms with Gasteiger partial charge in [-0.15, -0.1) is 0 Å². The van der Waals surface area contributed by atoms with Gasteiger partial charge in [-0.1, -0.05) is 32.4 Å². The van der Waals surface area contributed by atoms with E-state index in [1.165, 1.54) is 4.57 Å². The summed E-state index contributed by atoms with van der Waals surface area (Å²) < 4.78 is 8.16. The van der Waals surface area contributed by atoms with Crippen molar-refractivity contribution in [3.63, 3.8) is 0 Å². The molecule has 1 heterocycles. The number of aryl methyl sites for hydroxylation is 2. The van der Waals surface area contributed by atoms with Crippen LogP contribution in [0.1, 0.15) is 33.3 Å². The smallest absolute Gasteiger partial charge is 0.364 e. The van der Waals surface area contributed by atoms with E-state index in [0.29, 0.717) is 18.6 Å². The fourth-order valence-corrected chi connectivity index (χ4v) is 2.73. The van der Waals surface area contributed by atoms with Crippen molar-refractivity contribution in [2.45, 2.75) is 52.2 Å². The number of aromatic nitrogens is 2. The predicted molar refractivity (Wildman–Crippen MR) is 89.9 cm³/mol. The van der Waals surface area contributed by atoms with E-state index in [4.69, 9.17) is 9.26 Å². The molecule has 126 valence electrons. The van der Waals surface area contributed by atoms with Crippen LogP contribution in [-0.2, 0) is 17.9 Å². The van der Waals surface area contributed by atoms with Crippen molar-refractivity contribution < 1.29 is 9.26 Å². The average Bonchev–Trinajstić information content (AvgIpc) is 2.40. The van der Waals surface area contributed by atoms with Crippen LogP contribution in [0.3, 0.4) is 0 Å². The Morgan fingerprint density at radius 2 is 1.77 bits per heavy atom. The van der Waals surface area contributed by atoms with Gasteiger partial charge in [0.25, 0.3) is 5.56 Å². The predicted octanol–water partition coefficient (Wildman–Crippen LogP) is 1.56. The summed E-state index contributed by atoms with van der Waals surface area (Å²) in [5.74, 6) is 0. The third-order valence-electron chi connectivity index (χ3n) is 4.24. The van der Waals surface area contributed by atoms with Gasteiger partial charge in [-0.3, -0.25) is 4.79 Å². The number of hydrogen-bond acceptors (Lipinski definition) is 4. The highest BCUT2D eigenvalue weighted by atomic mass is 28.4. The monoisotopic (exact) mass is 328 g/mol. The maximum absolute atomic E-state index is 12.1. The second kappa shape index (κ2) is 6.83. The molecule has 7 heteroatoms. The SMILES string of the molecule is CCc1cn(C)c(=O)n(OCCO[Si](C)(C)C(C)(C)C)c1=O. The molecule has 0 spiro atoms.